The zero-order chi connectivity index (χ0) is 13.1. The van der Waals surface area contributed by atoms with Gasteiger partial charge in [0, 0.05) is 6.20 Å². The first-order chi connectivity index (χ1) is 8.58. The van der Waals surface area contributed by atoms with Crippen molar-refractivity contribution in [1.29, 1.82) is 0 Å². The molecule has 0 fully saturated rings. The predicted octanol–water partition coefficient (Wildman–Crippen LogP) is 1.84. The van der Waals surface area contributed by atoms with Crippen molar-refractivity contribution >= 4 is 27.4 Å². The summed E-state index contributed by atoms with van der Waals surface area (Å²) in [7, 11) is 0. The molecule has 0 aliphatic carbocycles. The second kappa shape index (κ2) is 4.84. The Labute approximate surface area is 103 Å². The molecule has 2 heterocycles. The van der Waals surface area contributed by atoms with E-state index in [-0.39, 0.29) is 15.7 Å². The van der Waals surface area contributed by atoms with E-state index in [1.165, 1.54) is 18.3 Å². The third kappa shape index (κ3) is 2.46. The Hall–Kier alpha value is -2.42. The average Bonchev–Trinajstić information content (AvgIpc) is 2.78. The number of nitro groups is 1. The van der Waals surface area contributed by atoms with Crippen LogP contribution < -0.4 is 5.32 Å². The van der Waals surface area contributed by atoms with Crippen LogP contribution in [-0.4, -0.2) is 20.8 Å². The zero-order valence-electron chi connectivity index (χ0n) is 8.66. The normalized spacial score (nSPS) is 10.1. The molecule has 0 bridgehead atoms. The first kappa shape index (κ1) is 12.0. The van der Waals surface area contributed by atoms with E-state index in [0.717, 1.165) is 6.20 Å². The summed E-state index contributed by atoms with van der Waals surface area (Å²) in [6.07, 6.45) is 2.22. The molecule has 9 heteroatoms. The first-order valence-corrected chi connectivity index (χ1v) is 5.41. The summed E-state index contributed by atoms with van der Waals surface area (Å²) >= 11 is 0.685. The van der Waals surface area contributed by atoms with E-state index in [1.54, 1.807) is 0 Å². The highest BCUT2D eigenvalue weighted by molar-refractivity contribution is 7.18. The monoisotopic (exact) mass is 268 g/mol. The maximum Gasteiger partial charge on any atom is 0.345 e. The largest absolute Gasteiger partial charge is 0.345 e. The van der Waals surface area contributed by atoms with Crippen molar-refractivity contribution < 1.29 is 14.1 Å². The van der Waals surface area contributed by atoms with Crippen LogP contribution in [0.3, 0.4) is 0 Å². The molecule has 92 valence electrons. The lowest BCUT2D eigenvalue weighted by atomic mass is 10.2. The molecule has 1 N–H and O–H groups in total. The van der Waals surface area contributed by atoms with Gasteiger partial charge in [-0.25, -0.2) is 9.97 Å². The zero-order valence-corrected chi connectivity index (χ0v) is 9.48. The molecule has 0 unspecified atom stereocenters. The molecule has 0 saturated heterocycles. The third-order valence-corrected chi connectivity index (χ3v) is 2.76. The number of halogens is 1. The lowest BCUT2D eigenvalue weighted by molar-refractivity contribution is -0.380. The highest BCUT2D eigenvalue weighted by Crippen LogP contribution is 2.25. The highest BCUT2D eigenvalue weighted by atomic mass is 32.1. The van der Waals surface area contributed by atoms with Gasteiger partial charge < -0.3 is 0 Å². The van der Waals surface area contributed by atoms with E-state index in [9.17, 15) is 19.3 Å². The summed E-state index contributed by atoms with van der Waals surface area (Å²) < 4.78 is 13.2. The molecule has 0 aliphatic rings. The first-order valence-electron chi connectivity index (χ1n) is 4.60. The van der Waals surface area contributed by atoms with Crippen LogP contribution >= 0.6 is 11.3 Å². The molecule has 0 atom stereocenters. The summed E-state index contributed by atoms with van der Waals surface area (Å²) in [4.78, 5) is 28.4. The van der Waals surface area contributed by atoms with Crippen LogP contribution in [-0.2, 0) is 0 Å². The number of aromatic nitrogens is 2. The van der Waals surface area contributed by atoms with E-state index < -0.39 is 16.8 Å². The standard InChI is InChI=1S/C9H5FN4O3S/c10-7-5(2-1-3-11-7)8(15)13-9-12-4-6(18-9)14(16)17/h1-4H,(H,12,13,15). The molecule has 1 amide bonds. The minimum absolute atomic E-state index is 0.0231. The molecule has 0 aromatic carbocycles. The van der Waals surface area contributed by atoms with Gasteiger partial charge in [0.25, 0.3) is 5.91 Å². The van der Waals surface area contributed by atoms with E-state index in [1.807, 2.05) is 0 Å². The Kier molecular flexibility index (Phi) is 3.24. The molecule has 2 aromatic rings. The van der Waals surface area contributed by atoms with Crippen molar-refractivity contribution in [1.82, 2.24) is 9.97 Å². The number of pyridine rings is 1. The molecule has 2 rings (SSSR count). The van der Waals surface area contributed by atoms with Gasteiger partial charge >= 0.3 is 5.00 Å². The lowest BCUT2D eigenvalue weighted by Gasteiger charge is -2.00. The number of hydrogen-bond donors (Lipinski definition) is 1. The fraction of sp³-hybridized carbons (Fsp3) is 0. The van der Waals surface area contributed by atoms with Gasteiger partial charge in [0.2, 0.25) is 5.95 Å². The van der Waals surface area contributed by atoms with Gasteiger partial charge in [0.15, 0.2) is 5.13 Å². The summed E-state index contributed by atoms with van der Waals surface area (Å²) in [5.74, 6) is -1.68. The van der Waals surface area contributed by atoms with Crippen LogP contribution in [0.5, 0.6) is 0 Å². The Morgan fingerprint density at radius 2 is 2.28 bits per heavy atom. The summed E-state index contributed by atoms with van der Waals surface area (Å²) in [6.45, 7) is 0. The summed E-state index contributed by atoms with van der Waals surface area (Å²) in [5.41, 5.74) is -0.254. The number of hydrogen-bond acceptors (Lipinski definition) is 6. The predicted molar refractivity (Wildman–Crippen MR) is 60.9 cm³/mol. The van der Waals surface area contributed by atoms with Crippen LogP contribution in [0.2, 0.25) is 0 Å². The molecule has 0 radical (unpaired) electrons. The van der Waals surface area contributed by atoms with E-state index in [4.69, 9.17) is 0 Å². The number of thiazole rings is 1. The van der Waals surface area contributed by atoms with Gasteiger partial charge in [-0.2, -0.15) is 4.39 Å². The maximum atomic E-state index is 13.2. The van der Waals surface area contributed by atoms with Crippen molar-refractivity contribution in [2.24, 2.45) is 0 Å². The van der Waals surface area contributed by atoms with E-state index >= 15 is 0 Å². The number of carbonyl (C=O) groups is 1. The van der Waals surface area contributed by atoms with Gasteiger partial charge in [-0.15, -0.1) is 0 Å². The Morgan fingerprint density at radius 3 is 2.89 bits per heavy atom. The van der Waals surface area contributed by atoms with Gasteiger partial charge in [-0.1, -0.05) is 0 Å². The molecule has 0 saturated carbocycles. The van der Waals surface area contributed by atoms with E-state index in [2.05, 4.69) is 15.3 Å². The quantitative estimate of drug-likeness (QED) is 0.520. The maximum absolute atomic E-state index is 13.2. The molecule has 0 aliphatic heterocycles. The smallest absolute Gasteiger partial charge is 0.298 e. The summed E-state index contributed by atoms with van der Waals surface area (Å²) in [5, 5.41) is 12.5. The summed E-state index contributed by atoms with van der Waals surface area (Å²) in [6, 6.07) is 2.65. The number of carbonyl (C=O) groups excluding carboxylic acids is 1. The number of nitrogens with zero attached hydrogens (tertiary/aromatic N) is 3. The third-order valence-electron chi connectivity index (χ3n) is 1.90. The van der Waals surface area contributed by atoms with Gasteiger partial charge in [0.1, 0.15) is 6.20 Å². The Balaban J connectivity index is 2.16. The van der Waals surface area contributed by atoms with Crippen molar-refractivity contribution in [3.05, 3.63) is 46.2 Å². The van der Waals surface area contributed by atoms with E-state index in [0.29, 0.717) is 11.3 Å². The van der Waals surface area contributed by atoms with Crippen molar-refractivity contribution in [2.75, 3.05) is 5.32 Å². The second-order valence-electron chi connectivity index (χ2n) is 3.06. The lowest BCUT2D eigenvalue weighted by Crippen LogP contribution is -2.14. The van der Waals surface area contributed by atoms with Crippen LogP contribution in [0.25, 0.3) is 0 Å². The minimum atomic E-state index is -0.916. The number of anilines is 1. The van der Waals surface area contributed by atoms with Crippen LogP contribution in [0, 0.1) is 16.1 Å². The Bertz CT molecular complexity index is 615. The van der Waals surface area contributed by atoms with Crippen molar-refractivity contribution in [2.45, 2.75) is 0 Å². The van der Waals surface area contributed by atoms with Crippen LogP contribution in [0.4, 0.5) is 14.5 Å². The van der Waals surface area contributed by atoms with Crippen molar-refractivity contribution in [3.8, 4) is 0 Å². The molecule has 0 spiro atoms. The molecule has 2 aromatic heterocycles. The van der Waals surface area contributed by atoms with Gasteiger partial charge in [-0.05, 0) is 23.5 Å². The topological polar surface area (TPSA) is 98.0 Å². The molecular weight excluding hydrogens is 263 g/mol. The Morgan fingerprint density at radius 1 is 1.50 bits per heavy atom. The molecular formula is C9H5FN4O3S. The van der Waals surface area contributed by atoms with Gasteiger partial charge in [-0.3, -0.25) is 20.2 Å². The second-order valence-corrected chi connectivity index (χ2v) is 4.07. The average molecular weight is 268 g/mol. The van der Waals surface area contributed by atoms with Crippen LogP contribution in [0.1, 0.15) is 10.4 Å². The fourth-order valence-corrected chi connectivity index (χ4v) is 1.75. The van der Waals surface area contributed by atoms with Gasteiger partial charge in [0.05, 0.1) is 10.5 Å². The SMILES string of the molecule is O=C(Nc1ncc([N+](=O)[O-])s1)c1cccnc1F. The number of rotatable bonds is 3. The van der Waals surface area contributed by atoms with Crippen LogP contribution in [0.15, 0.2) is 24.5 Å². The fourth-order valence-electron chi connectivity index (χ4n) is 1.13. The van der Waals surface area contributed by atoms with Crippen molar-refractivity contribution in [3.63, 3.8) is 0 Å². The highest BCUT2D eigenvalue weighted by Gasteiger charge is 2.16. The minimum Gasteiger partial charge on any atom is -0.298 e. The number of amides is 1. The number of nitrogens with one attached hydrogen (secondary N) is 1. The molecule has 18 heavy (non-hydrogen) atoms. The molecule has 7 nitrogen and oxygen atoms in total.